The van der Waals surface area contributed by atoms with Crippen molar-refractivity contribution in [2.45, 2.75) is 19.1 Å². The zero-order valence-electron chi connectivity index (χ0n) is 11.7. The molecule has 1 N–H and O–H groups in total. The van der Waals surface area contributed by atoms with Gasteiger partial charge in [0.2, 0.25) is 0 Å². The summed E-state index contributed by atoms with van der Waals surface area (Å²) in [6.07, 6.45) is -2.69. The van der Waals surface area contributed by atoms with E-state index in [9.17, 15) is 13.2 Å². The van der Waals surface area contributed by atoms with E-state index in [2.05, 4.69) is 10.4 Å². The average molecular weight is 299 g/mol. The number of anilines is 1. The summed E-state index contributed by atoms with van der Waals surface area (Å²) in [5.74, 6) is 0.170. The Bertz CT molecular complexity index is 595. The van der Waals surface area contributed by atoms with Gasteiger partial charge in [-0.25, -0.2) is 0 Å². The van der Waals surface area contributed by atoms with Gasteiger partial charge in [0.15, 0.2) is 6.61 Å². The molecule has 0 fully saturated rings. The van der Waals surface area contributed by atoms with Crippen molar-refractivity contribution in [2.75, 3.05) is 11.9 Å². The Morgan fingerprint density at radius 3 is 2.62 bits per heavy atom. The Morgan fingerprint density at radius 2 is 2.00 bits per heavy atom. The van der Waals surface area contributed by atoms with Gasteiger partial charge < -0.3 is 10.1 Å². The summed E-state index contributed by atoms with van der Waals surface area (Å²) in [5, 5.41) is 7.20. The van der Waals surface area contributed by atoms with E-state index in [0.29, 0.717) is 5.69 Å². The molecule has 0 radical (unpaired) electrons. The van der Waals surface area contributed by atoms with Crippen LogP contribution in [0.25, 0.3) is 0 Å². The van der Waals surface area contributed by atoms with Gasteiger partial charge in [-0.2, -0.15) is 18.3 Å². The Morgan fingerprint density at radius 1 is 1.29 bits per heavy atom. The molecule has 4 nitrogen and oxygen atoms in total. The fourth-order valence-corrected chi connectivity index (χ4v) is 1.99. The number of hydrogen-bond acceptors (Lipinski definition) is 3. The summed E-state index contributed by atoms with van der Waals surface area (Å²) >= 11 is 0. The van der Waals surface area contributed by atoms with Gasteiger partial charge in [-0.05, 0) is 25.1 Å². The highest BCUT2D eigenvalue weighted by Crippen LogP contribution is 2.29. The molecule has 0 saturated heterocycles. The van der Waals surface area contributed by atoms with Crippen LogP contribution in [0.1, 0.15) is 18.7 Å². The van der Waals surface area contributed by atoms with Crippen molar-refractivity contribution in [3.8, 4) is 5.75 Å². The van der Waals surface area contributed by atoms with Gasteiger partial charge >= 0.3 is 6.18 Å². The zero-order valence-corrected chi connectivity index (χ0v) is 11.7. The molecular formula is C14H16F3N3O. The molecule has 21 heavy (non-hydrogen) atoms. The highest BCUT2D eigenvalue weighted by molar-refractivity contribution is 5.57. The molecule has 1 aromatic heterocycles. The van der Waals surface area contributed by atoms with Crippen LogP contribution in [0.3, 0.4) is 0 Å². The van der Waals surface area contributed by atoms with Gasteiger partial charge in [0.05, 0.1) is 17.4 Å². The maximum absolute atomic E-state index is 12.3. The second-order valence-corrected chi connectivity index (χ2v) is 4.65. The van der Waals surface area contributed by atoms with E-state index in [-0.39, 0.29) is 11.8 Å². The van der Waals surface area contributed by atoms with Crippen LogP contribution < -0.4 is 10.1 Å². The van der Waals surface area contributed by atoms with E-state index in [0.717, 1.165) is 5.69 Å². The largest absolute Gasteiger partial charge is 0.482 e. The van der Waals surface area contributed by atoms with Crippen molar-refractivity contribution in [1.82, 2.24) is 9.78 Å². The van der Waals surface area contributed by atoms with Crippen LogP contribution in [-0.4, -0.2) is 22.6 Å². The predicted molar refractivity (Wildman–Crippen MR) is 73.2 cm³/mol. The first-order chi connectivity index (χ1) is 9.87. The fraction of sp³-hybridized carbons (Fsp3) is 0.357. The predicted octanol–water partition coefficient (Wildman–Crippen LogP) is 3.53. The maximum atomic E-state index is 12.3. The first-order valence-electron chi connectivity index (χ1n) is 6.40. The molecule has 1 atom stereocenters. The Kier molecular flexibility index (Phi) is 4.40. The second kappa shape index (κ2) is 6.07. The molecule has 0 spiro atoms. The summed E-state index contributed by atoms with van der Waals surface area (Å²) in [7, 11) is 1.81. The lowest BCUT2D eigenvalue weighted by atomic mass is 10.2. The lowest BCUT2D eigenvalue weighted by molar-refractivity contribution is -0.153. The lowest BCUT2D eigenvalue weighted by Gasteiger charge is -2.19. The molecule has 0 aliphatic carbocycles. The van der Waals surface area contributed by atoms with E-state index < -0.39 is 12.8 Å². The smallest absolute Gasteiger partial charge is 0.422 e. The summed E-state index contributed by atoms with van der Waals surface area (Å²) in [6.45, 7) is 0.587. The van der Waals surface area contributed by atoms with Crippen LogP contribution in [0.2, 0.25) is 0 Å². The number of hydrogen-bond donors (Lipinski definition) is 1. The van der Waals surface area contributed by atoms with Gasteiger partial charge in [0, 0.05) is 13.2 Å². The molecule has 0 aliphatic heterocycles. The standard InChI is InChI=1S/C14H16F3N3O/c1-10(12-7-8-18-20(12)2)19-11-5-3-4-6-13(11)21-9-14(15,16)17/h3-8,10,19H,9H2,1-2H3. The highest BCUT2D eigenvalue weighted by atomic mass is 19.4. The monoisotopic (exact) mass is 299 g/mol. The third kappa shape index (κ3) is 4.14. The first kappa shape index (κ1) is 15.2. The van der Waals surface area contributed by atoms with Crippen LogP contribution >= 0.6 is 0 Å². The van der Waals surface area contributed by atoms with Crippen molar-refractivity contribution >= 4 is 5.69 Å². The molecule has 2 rings (SSSR count). The molecule has 0 amide bonds. The van der Waals surface area contributed by atoms with Crippen LogP contribution in [0.4, 0.5) is 18.9 Å². The molecular weight excluding hydrogens is 283 g/mol. The van der Waals surface area contributed by atoms with Gasteiger partial charge in [-0.1, -0.05) is 12.1 Å². The average Bonchev–Trinajstić information content (AvgIpc) is 2.83. The molecule has 7 heteroatoms. The number of benzene rings is 1. The third-order valence-corrected chi connectivity index (χ3v) is 2.95. The van der Waals surface area contributed by atoms with Crippen LogP contribution in [-0.2, 0) is 7.05 Å². The number of aromatic nitrogens is 2. The fourth-order valence-electron chi connectivity index (χ4n) is 1.99. The molecule has 0 saturated carbocycles. The summed E-state index contributed by atoms with van der Waals surface area (Å²) in [4.78, 5) is 0. The number of rotatable bonds is 5. The van der Waals surface area contributed by atoms with E-state index in [1.807, 2.05) is 13.0 Å². The number of ether oxygens (including phenoxy) is 1. The minimum atomic E-state index is -4.36. The number of aryl methyl sites for hydroxylation is 1. The summed E-state index contributed by atoms with van der Waals surface area (Å²) < 4.78 is 43.3. The molecule has 1 heterocycles. The van der Waals surface area contributed by atoms with E-state index in [1.165, 1.54) is 6.07 Å². The van der Waals surface area contributed by atoms with Crippen LogP contribution in [0.5, 0.6) is 5.75 Å². The Hall–Kier alpha value is -2.18. The van der Waals surface area contributed by atoms with E-state index in [1.54, 1.807) is 36.1 Å². The zero-order chi connectivity index (χ0) is 15.5. The SMILES string of the molecule is CC(Nc1ccccc1OCC(F)(F)F)c1ccnn1C. The highest BCUT2D eigenvalue weighted by Gasteiger charge is 2.28. The third-order valence-electron chi connectivity index (χ3n) is 2.95. The molecule has 2 aromatic rings. The molecule has 1 unspecified atom stereocenters. The normalized spacial score (nSPS) is 13.0. The van der Waals surface area contributed by atoms with Crippen molar-refractivity contribution < 1.29 is 17.9 Å². The topological polar surface area (TPSA) is 39.1 Å². The summed E-state index contributed by atoms with van der Waals surface area (Å²) in [6, 6.07) is 8.28. The quantitative estimate of drug-likeness (QED) is 0.918. The minimum Gasteiger partial charge on any atom is -0.482 e. The van der Waals surface area contributed by atoms with Crippen molar-refractivity contribution in [2.24, 2.45) is 7.05 Å². The maximum Gasteiger partial charge on any atom is 0.422 e. The van der Waals surface area contributed by atoms with Crippen molar-refractivity contribution in [1.29, 1.82) is 0 Å². The Labute approximate surface area is 120 Å². The first-order valence-corrected chi connectivity index (χ1v) is 6.40. The molecule has 114 valence electrons. The molecule has 1 aromatic carbocycles. The number of halogens is 3. The van der Waals surface area contributed by atoms with Gasteiger partial charge in [0.25, 0.3) is 0 Å². The Balaban J connectivity index is 2.11. The van der Waals surface area contributed by atoms with Crippen LogP contribution in [0.15, 0.2) is 36.5 Å². The summed E-state index contributed by atoms with van der Waals surface area (Å²) in [5.41, 5.74) is 1.43. The number of alkyl halides is 3. The van der Waals surface area contributed by atoms with Crippen molar-refractivity contribution in [3.63, 3.8) is 0 Å². The lowest BCUT2D eigenvalue weighted by Crippen LogP contribution is -2.20. The van der Waals surface area contributed by atoms with E-state index >= 15 is 0 Å². The van der Waals surface area contributed by atoms with Gasteiger partial charge in [-0.15, -0.1) is 0 Å². The van der Waals surface area contributed by atoms with Gasteiger partial charge in [0.1, 0.15) is 5.75 Å². The molecule has 0 aliphatic rings. The minimum absolute atomic E-state index is 0.117. The molecule has 0 bridgehead atoms. The van der Waals surface area contributed by atoms with Crippen molar-refractivity contribution in [3.05, 3.63) is 42.2 Å². The number of para-hydroxylation sites is 2. The second-order valence-electron chi connectivity index (χ2n) is 4.65. The number of nitrogens with one attached hydrogen (secondary N) is 1. The van der Waals surface area contributed by atoms with E-state index in [4.69, 9.17) is 4.74 Å². The number of nitrogens with zero attached hydrogens (tertiary/aromatic N) is 2. The van der Waals surface area contributed by atoms with Gasteiger partial charge in [-0.3, -0.25) is 4.68 Å². The van der Waals surface area contributed by atoms with Crippen LogP contribution in [0, 0.1) is 0 Å².